The molecule has 0 bridgehead atoms. The molecule has 0 radical (unpaired) electrons. The molecule has 2 atom stereocenters. The first kappa shape index (κ1) is 15.1. The van der Waals surface area contributed by atoms with Gasteiger partial charge < -0.3 is 5.73 Å². The predicted octanol–water partition coefficient (Wildman–Crippen LogP) is 3.19. The molecule has 2 N–H and O–H groups in total. The van der Waals surface area contributed by atoms with Gasteiger partial charge in [-0.1, -0.05) is 31.5 Å². The van der Waals surface area contributed by atoms with Crippen LogP contribution in [0.2, 0.25) is 0 Å². The lowest BCUT2D eigenvalue weighted by Gasteiger charge is -2.29. The molecule has 0 aliphatic heterocycles. The van der Waals surface area contributed by atoms with Crippen molar-refractivity contribution in [3.8, 4) is 0 Å². The molecule has 0 aliphatic carbocycles. The van der Waals surface area contributed by atoms with Crippen molar-refractivity contribution in [2.45, 2.75) is 32.7 Å². The Balaban J connectivity index is 2.66. The first-order chi connectivity index (χ1) is 8.60. The molecule has 0 fully saturated rings. The Bertz CT molecular complexity index is 354. The van der Waals surface area contributed by atoms with Crippen LogP contribution in [-0.2, 0) is 0 Å². The summed E-state index contributed by atoms with van der Waals surface area (Å²) in [4.78, 5) is 2.19. The molecule has 1 rings (SSSR count). The van der Waals surface area contributed by atoms with E-state index < -0.39 is 0 Å². The molecule has 1 aromatic carbocycles. The summed E-state index contributed by atoms with van der Waals surface area (Å²) < 4.78 is 13.7. The van der Waals surface area contributed by atoms with Gasteiger partial charge in [-0.25, -0.2) is 4.39 Å². The molecule has 0 aromatic heterocycles. The van der Waals surface area contributed by atoms with Gasteiger partial charge in [0.25, 0.3) is 0 Å². The van der Waals surface area contributed by atoms with Crippen LogP contribution in [0, 0.1) is 11.7 Å². The molecule has 3 heteroatoms. The molecule has 1 aromatic rings. The van der Waals surface area contributed by atoms with Gasteiger partial charge in [0.15, 0.2) is 0 Å². The van der Waals surface area contributed by atoms with Crippen LogP contribution in [0.25, 0.3) is 0 Å². The van der Waals surface area contributed by atoms with Crippen LogP contribution >= 0.6 is 0 Å². The van der Waals surface area contributed by atoms with Crippen LogP contribution in [0.1, 0.15) is 38.3 Å². The number of hydrogen-bond donors (Lipinski definition) is 1. The number of nitrogens with two attached hydrogens (primary N) is 1. The summed E-state index contributed by atoms with van der Waals surface area (Å²) in [5.41, 5.74) is 6.53. The standard InChI is InChI=1S/C15H25FN2/c1-4-7-13(10-17)11-18(3)12(2)14-8-5-6-9-15(14)16/h5-6,8-9,12-13H,4,7,10-11,17H2,1-3H3. The zero-order valence-corrected chi connectivity index (χ0v) is 11.7. The largest absolute Gasteiger partial charge is 0.330 e. The maximum Gasteiger partial charge on any atom is 0.127 e. The first-order valence-corrected chi connectivity index (χ1v) is 6.74. The van der Waals surface area contributed by atoms with Crippen LogP contribution in [0.3, 0.4) is 0 Å². The maximum absolute atomic E-state index is 13.7. The normalized spacial score (nSPS) is 14.8. The van der Waals surface area contributed by atoms with Crippen molar-refractivity contribution in [1.82, 2.24) is 4.90 Å². The van der Waals surface area contributed by atoms with Gasteiger partial charge in [0.1, 0.15) is 5.82 Å². The summed E-state index contributed by atoms with van der Waals surface area (Å²) in [7, 11) is 2.04. The van der Waals surface area contributed by atoms with E-state index >= 15 is 0 Å². The summed E-state index contributed by atoms with van der Waals surface area (Å²) in [6.07, 6.45) is 2.27. The minimum Gasteiger partial charge on any atom is -0.330 e. The Morgan fingerprint density at radius 1 is 1.33 bits per heavy atom. The zero-order valence-electron chi connectivity index (χ0n) is 11.7. The maximum atomic E-state index is 13.7. The van der Waals surface area contributed by atoms with Gasteiger partial charge in [-0.15, -0.1) is 0 Å². The van der Waals surface area contributed by atoms with Crippen molar-refractivity contribution in [1.29, 1.82) is 0 Å². The molecule has 0 saturated heterocycles. The van der Waals surface area contributed by atoms with Crippen LogP contribution in [0.15, 0.2) is 24.3 Å². The lowest BCUT2D eigenvalue weighted by molar-refractivity contribution is 0.212. The molecule has 2 unspecified atom stereocenters. The van der Waals surface area contributed by atoms with E-state index in [0.29, 0.717) is 12.5 Å². The Morgan fingerprint density at radius 3 is 2.56 bits per heavy atom. The van der Waals surface area contributed by atoms with Gasteiger partial charge in [0.2, 0.25) is 0 Å². The third kappa shape index (κ3) is 4.07. The molecule has 0 spiro atoms. The van der Waals surface area contributed by atoms with Gasteiger partial charge in [0, 0.05) is 18.2 Å². The van der Waals surface area contributed by atoms with E-state index in [2.05, 4.69) is 11.8 Å². The Hall–Kier alpha value is -0.930. The minimum atomic E-state index is -0.128. The summed E-state index contributed by atoms with van der Waals surface area (Å²) in [5.74, 6) is 0.367. The van der Waals surface area contributed by atoms with Crippen molar-refractivity contribution < 1.29 is 4.39 Å². The molecule has 18 heavy (non-hydrogen) atoms. The number of rotatable bonds is 7. The van der Waals surface area contributed by atoms with E-state index in [1.807, 2.05) is 26.1 Å². The van der Waals surface area contributed by atoms with E-state index in [4.69, 9.17) is 5.73 Å². The molecule has 0 saturated carbocycles. The van der Waals surface area contributed by atoms with Crippen molar-refractivity contribution in [2.24, 2.45) is 11.7 Å². The molecular weight excluding hydrogens is 227 g/mol. The van der Waals surface area contributed by atoms with Crippen LogP contribution in [-0.4, -0.2) is 25.0 Å². The second kappa shape index (κ2) is 7.49. The monoisotopic (exact) mass is 252 g/mol. The quantitative estimate of drug-likeness (QED) is 0.807. The van der Waals surface area contributed by atoms with Crippen LogP contribution in [0.5, 0.6) is 0 Å². The van der Waals surface area contributed by atoms with Crippen LogP contribution in [0.4, 0.5) is 4.39 Å². The fourth-order valence-electron chi connectivity index (χ4n) is 2.31. The lowest BCUT2D eigenvalue weighted by atomic mass is 10.0. The topological polar surface area (TPSA) is 29.3 Å². The average molecular weight is 252 g/mol. The van der Waals surface area contributed by atoms with E-state index in [1.165, 1.54) is 6.07 Å². The third-order valence-corrected chi connectivity index (χ3v) is 3.59. The number of benzene rings is 1. The number of nitrogens with zero attached hydrogens (tertiary/aromatic N) is 1. The fraction of sp³-hybridized carbons (Fsp3) is 0.600. The molecule has 0 amide bonds. The zero-order chi connectivity index (χ0) is 13.5. The first-order valence-electron chi connectivity index (χ1n) is 6.74. The molecule has 0 aliphatic rings. The average Bonchev–Trinajstić information content (AvgIpc) is 2.37. The summed E-state index contributed by atoms with van der Waals surface area (Å²) in [6.45, 7) is 5.82. The Kier molecular flexibility index (Phi) is 6.30. The van der Waals surface area contributed by atoms with Gasteiger partial charge in [0.05, 0.1) is 0 Å². The highest BCUT2D eigenvalue weighted by atomic mass is 19.1. The van der Waals surface area contributed by atoms with Crippen LogP contribution < -0.4 is 5.73 Å². The van der Waals surface area contributed by atoms with E-state index in [0.717, 1.165) is 24.9 Å². The Morgan fingerprint density at radius 2 is 2.00 bits per heavy atom. The minimum absolute atomic E-state index is 0.0807. The third-order valence-electron chi connectivity index (χ3n) is 3.59. The molecule has 0 heterocycles. The van der Waals surface area contributed by atoms with Gasteiger partial charge >= 0.3 is 0 Å². The van der Waals surface area contributed by atoms with Gasteiger partial charge in [-0.2, -0.15) is 0 Å². The Labute approximate surface area is 110 Å². The van der Waals surface area contributed by atoms with Gasteiger partial charge in [-0.3, -0.25) is 4.90 Å². The van der Waals surface area contributed by atoms with E-state index in [1.54, 1.807) is 6.07 Å². The fourth-order valence-corrected chi connectivity index (χ4v) is 2.31. The number of hydrogen-bond acceptors (Lipinski definition) is 2. The second-order valence-electron chi connectivity index (χ2n) is 5.03. The van der Waals surface area contributed by atoms with Crippen molar-refractivity contribution in [2.75, 3.05) is 20.1 Å². The van der Waals surface area contributed by atoms with Crippen molar-refractivity contribution >= 4 is 0 Å². The smallest absolute Gasteiger partial charge is 0.127 e. The highest BCUT2D eigenvalue weighted by Crippen LogP contribution is 2.22. The summed E-state index contributed by atoms with van der Waals surface area (Å²) >= 11 is 0. The highest BCUT2D eigenvalue weighted by molar-refractivity contribution is 5.20. The molecule has 2 nitrogen and oxygen atoms in total. The second-order valence-corrected chi connectivity index (χ2v) is 5.03. The summed E-state index contributed by atoms with van der Waals surface area (Å²) in [6, 6.07) is 7.07. The SMILES string of the molecule is CCCC(CN)CN(C)C(C)c1ccccc1F. The van der Waals surface area contributed by atoms with E-state index in [9.17, 15) is 4.39 Å². The number of halogens is 1. The van der Waals surface area contributed by atoms with E-state index in [-0.39, 0.29) is 11.9 Å². The van der Waals surface area contributed by atoms with Crippen molar-refractivity contribution in [3.05, 3.63) is 35.6 Å². The summed E-state index contributed by atoms with van der Waals surface area (Å²) in [5, 5.41) is 0. The molecular formula is C15H25FN2. The highest BCUT2D eigenvalue weighted by Gasteiger charge is 2.17. The molecule has 102 valence electrons. The van der Waals surface area contributed by atoms with Crippen molar-refractivity contribution in [3.63, 3.8) is 0 Å². The predicted molar refractivity (Wildman–Crippen MR) is 74.9 cm³/mol. The lowest BCUT2D eigenvalue weighted by Crippen LogP contribution is -2.32. The van der Waals surface area contributed by atoms with Gasteiger partial charge in [-0.05, 0) is 38.9 Å².